The molecule has 4 aliphatic rings. The van der Waals surface area contributed by atoms with Crippen LogP contribution in [0.15, 0.2) is 48.0 Å². The Hall–Kier alpha value is -2.54. The minimum absolute atomic E-state index is 0.115. The van der Waals surface area contributed by atoms with Gasteiger partial charge in [0.25, 0.3) is 0 Å². The summed E-state index contributed by atoms with van der Waals surface area (Å²) in [5.74, 6) is 1.77. The molecule has 0 amide bonds. The van der Waals surface area contributed by atoms with Gasteiger partial charge in [-0.25, -0.2) is 4.79 Å². The van der Waals surface area contributed by atoms with E-state index in [-0.39, 0.29) is 24.1 Å². The quantitative estimate of drug-likeness (QED) is 0.304. The summed E-state index contributed by atoms with van der Waals surface area (Å²) < 4.78 is 17.8. The van der Waals surface area contributed by atoms with Crippen molar-refractivity contribution in [2.45, 2.75) is 62.9 Å². The molecule has 220 valence electrons. The molecule has 7 heteroatoms. The number of carbonyl (C=O) groups excluding carboxylic acids is 1. The Balaban J connectivity index is 1.32. The van der Waals surface area contributed by atoms with Gasteiger partial charge in [0.1, 0.15) is 5.75 Å². The summed E-state index contributed by atoms with van der Waals surface area (Å²) in [4.78, 5) is 15.0. The summed E-state index contributed by atoms with van der Waals surface area (Å²) in [5.41, 5.74) is 5.40. The van der Waals surface area contributed by atoms with Gasteiger partial charge in [0, 0.05) is 37.2 Å². The Kier molecular flexibility index (Phi) is 8.35. The van der Waals surface area contributed by atoms with Crippen molar-refractivity contribution in [1.29, 1.82) is 0 Å². The van der Waals surface area contributed by atoms with Gasteiger partial charge in [0.2, 0.25) is 0 Å². The maximum absolute atomic E-state index is 12.5. The van der Waals surface area contributed by atoms with Crippen LogP contribution in [0.4, 0.5) is 5.69 Å². The molecule has 0 bridgehead atoms. The SMILES string of the molecule is COC(=O)c1ccc2c(c1)N(C[C@@H]1CC[C@H]1C(OC)C1=CCC(CO)CC1)C[C@@]1(CCCc3cc(Cl)ccc31)CO2. The molecule has 3 aliphatic carbocycles. The molecule has 0 radical (unpaired) electrons. The molecule has 0 aromatic heterocycles. The molecular formula is C34H42ClNO5. The third-order valence-corrected chi connectivity index (χ3v) is 10.4. The summed E-state index contributed by atoms with van der Waals surface area (Å²) in [6.07, 6.45) is 10.9. The lowest BCUT2D eigenvalue weighted by molar-refractivity contribution is 0.00273. The van der Waals surface area contributed by atoms with Crippen LogP contribution in [0.25, 0.3) is 0 Å². The van der Waals surface area contributed by atoms with Crippen molar-refractivity contribution in [2.75, 3.05) is 45.4 Å². The Morgan fingerprint density at radius 3 is 2.76 bits per heavy atom. The van der Waals surface area contributed by atoms with E-state index in [0.29, 0.717) is 29.9 Å². The van der Waals surface area contributed by atoms with Crippen LogP contribution < -0.4 is 9.64 Å². The van der Waals surface area contributed by atoms with E-state index in [9.17, 15) is 9.90 Å². The molecule has 6 nitrogen and oxygen atoms in total. The van der Waals surface area contributed by atoms with Crippen LogP contribution in [0.3, 0.4) is 0 Å². The Bertz CT molecular complexity index is 1310. The number of fused-ring (bicyclic) bond motifs is 3. The van der Waals surface area contributed by atoms with Gasteiger partial charge < -0.3 is 24.2 Å². The molecule has 6 rings (SSSR count). The minimum Gasteiger partial charge on any atom is -0.490 e. The lowest BCUT2D eigenvalue weighted by atomic mass is 9.66. The van der Waals surface area contributed by atoms with E-state index >= 15 is 0 Å². The van der Waals surface area contributed by atoms with Crippen LogP contribution in [0.1, 0.15) is 66.4 Å². The van der Waals surface area contributed by atoms with Gasteiger partial charge in [-0.3, -0.25) is 0 Å². The van der Waals surface area contributed by atoms with Crippen molar-refractivity contribution in [3.63, 3.8) is 0 Å². The molecule has 1 N–H and O–H groups in total. The summed E-state index contributed by atoms with van der Waals surface area (Å²) in [6.45, 7) is 2.55. The standard InChI is InChI=1S/C34H42ClNO5/c1-39-32(23-7-5-22(19-37)6-8-23)28-12-9-26(28)18-36-20-34(15-3-4-24-16-27(35)11-13-29(24)34)21-41-31-14-10-25(17-30(31)36)33(38)40-2/h7,10-11,13-14,16-17,22,26,28,32,37H,3-6,8-9,12,15,18-21H2,1-2H3/t22?,26-,28+,32?,34-/m0/s1. The van der Waals surface area contributed by atoms with Crippen molar-refractivity contribution in [3.05, 3.63) is 69.8 Å². The van der Waals surface area contributed by atoms with Crippen molar-refractivity contribution >= 4 is 23.3 Å². The highest BCUT2D eigenvalue weighted by atomic mass is 35.5. The molecule has 41 heavy (non-hydrogen) atoms. The second-order valence-corrected chi connectivity index (χ2v) is 13.0. The average molecular weight is 580 g/mol. The molecule has 2 unspecified atom stereocenters. The second-order valence-electron chi connectivity index (χ2n) is 12.5. The number of ether oxygens (including phenoxy) is 3. The fraction of sp³-hybridized carbons (Fsp3) is 0.559. The molecule has 1 fully saturated rings. The lowest BCUT2D eigenvalue weighted by Crippen LogP contribution is -2.50. The summed E-state index contributed by atoms with van der Waals surface area (Å²) in [5, 5.41) is 10.4. The van der Waals surface area contributed by atoms with E-state index in [1.165, 1.54) is 23.8 Å². The number of benzene rings is 2. The number of carbonyl (C=O) groups is 1. The highest BCUT2D eigenvalue weighted by molar-refractivity contribution is 6.30. The molecule has 1 heterocycles. The molecule has 2 aromatic carbocycles. The number of aliphatic hydroxyl groups is 1. The monoisotopic (exact) mass is 579 g/mol. The molecule has 1 saturated carbocycles. The number of aliphatic hydroxyl groups excluding tert-OH is 1. The molecule has 1 spiro atoms. The minimum atomic E-state index is -0.337. The van der Waals surface area contributed by atoms with Gasteiger partial charge in [0.15, 0.2) is 0 Å². The van der Waals surface area contributed by atoms with Crippen LogP contribution in [0.5, 0.6) is 5.75 Å². The first-order chi connectivity index (χ1) is 19.9. The van der Waals surface area contributed by atoms with E-state index in [1.54, 1.807) is 6.07 Å². The van der Waals surface area contributed by atoms with Gasteiger partial charge >= 0.3 is 5.97 Å². The van der Waals surface area contributed by atoms with Gasteiger partial charge in [-0.05, 0) is 116 Å². The fourth-order valence-corrected chi connectivity index (χ4v) is 7.99. The molecule has 5 atom stereocenters. The van der Waals surface area contributed by atoms with Crippen LogP contribution in [-0.2, 0) is 21.3 Å². The molecule has 2 aromatic rings. The Morgan fingerprint density at radius 2 is 2.05 bits per heavy atom. The number of rotatable bonds is 7. The van der Waals surface area contributed by atoms with Crippen LogP contribution in [0, 0.1) is 17.8 Å². The zero-order chi connectivity index (χ0) is 28.6. The zero-order valence-corrected chi connectivity index (χ0v) is 25.0. The van der Waals surface area contributed by atoms with Gasteiger partial charge in [-0.2, -0.15) is 0 Å². The predicted octanol–water partition coefficient (Wildman–Crippen LogP) is 6.36. The maximum atomic E-state index is 12.5. The summed E-state index contributed by atoms with van der Waals surface area (Å²) in [7, 11) is 3.27. The summed E-state index contributed by atoms with van der Waals surface area (Å²) in [6, 6.07) is 12.0. The van der Waals surface area contributed by atoms with Crippen molar-refractivity contribution in [1.82, 2.24) is 0 Å². The lowest BCUT2D eigenvalue weighted by Gasteiger charge is -2.47. The molecule has 0 saturated heterocycles. The average Bonchev–Trinajstić information content (AvgIpc) is 3.14. The number of halogens is 1. The van der Waals surface area contributed by atoms with Crippen LogP contribution in [-0.4, -0.2) is 57.7 Å². The normalized spacial score (nSPS) is 28.0. The van der Waals surface area contributed by atoms with Gasteiger partial charge in [-0.15, -0.1) is 0 Å². The third kappa shape index (κ3) is 5.51. The Labute approximate surface area is 248 Å². The third-order valence-electron chi connectivity index (χ3n) is 10.2. The van der Waals surface area contributed by atoms with Crippen molar-refractivity contribution in [3.8, 4) is 5.75 Å². The van der Waals surface area contributed by atoms with E-state index in [0.717, 1.165) is 80.9 Å². The number of methoxy groups -OCH3 is 2. The summed E-state index contributed by atoms with van der Waals surface area (Å²) >= 11 is 6.42. The first kappa shape index (κ1) is 28.6. The second kappa shape index (κ2) is 12.0. The number of allylic oxidation sites excluding steroid dienone is 1. The largest absolute Gasteiger partial charge is 0.490 e. The van der Waals surface area contributed by atoms with Crippen LogP contribution in [0.2, 0.25) is 5.02 Å². The number of hydrogen-bond acceptors (Lipinski definition) is 6. The van der Waals surface area contributed by atoms with Gasteiger partial charge in [-0.1, -0.05) is 23.7 Å². The van der Waals surface area contributed by atoms with E-state index in [2.05, 4.69) is 23.1 Å². The first-order valence-corrected chi connectivity index (χ1v) is 15.5. The molecule has 1 aliphatic heterocycles. The van der Waals surface area contributed by atoms with Crippen molar-refractivity contribution < 1.29 is 24.1 Å². The first-order valence-electron chi connectivity index (χ1n) is 15.2. The highest BCUT2D eigenvalue weighted by Crippen LogP contribution is 2.48. The number of aryl methyl sites for hydroxylation is 1. The van der Waals surface area contributed by atoms with Crippen LogP contribution >= 0.6 is 11.6 Å². The fourth-order valence-electron chi connectivity index (χ4n) is 7.80. The van der Waals surface area contributed by atoms with E-state index in [4.69, 9.17) is 25.8 Å². The zero-order valence-electron chi connectivity index (χ0n) is 24.2. The van der Waals surface area contributed by atoms with Crippen molar-refractivity contribution in [2.24, 2.45) is 17.8 Å². The smallest absolute Gasteiger partial charge is 0.337 e. The Morgan fingerprint density at radius 1 is 1.17 bits per heavy atom. The van der Waals surface area contributed by atoms with Gasteiger partial charge in [0.05, 0.1) is 31.1 Å². The predicted molar refractivity (Wildman–Crippen MR) is 161 cm³/mol. The highest BCUT2D eigenvalue weighted by Gasteiger charge is 2.45. The van der Waals surface area contributed by atoms with E-state index in [1.807, 2.05) is 25.3 Å². The maximum Gasteiger partial charge on any atom is 0.337 e. The van der Waals surface area contributed by atoms with E-state index < -0.39 is 0 Å². The number of hydrogen-bond donors (Lipinski definition) is 1. The number of anilines is 1. The number of nitrogens with zero attached hydrogens (tertiary/aromatic N) is 1. The molecular weight excluding hydrogens is 538 g/mol. The topological polar surface area (TPSA) is 68.2 Å². The number of esters is 1.